The molecule has 33 heavy (non-hydrogen) atoms. The summed E-state index contributed by atoms with van der Waals surface area (Å²) in [7, 11) is 1.64. The van der Waals surface area contributed by atoms with Gasteiger partial charge in [0.15, 0.2) is 6.29 Å². The summed E-state index contributed by atoms with van der Waals surface area (Å²) in [5, 5.41) is 76.5. The predicted molar refractivity (Wildman–Crippen MR) is 110 cm³/mol. The Morgan fingerprint density at radius 3 is 2.48 bits per heavy atom. The first-order chi connectivity index (χ1) is 15.6. The number of unbranched alkanes of at least 4 members (excludes halogenated alkanes) is 1. The van der Waals surface area contributed by atoms with Crippen molar-refractivity contribution in [1.29, 1.82) is 0 Å². The largest absolute Gasteiger partial charge is 0.394 e. The number of nitrogens with one attached hydrogen (secondary N) is 2. The second-order valence-electron chi connectivity index (χ2n) is 8.38. The van der Waals surface area contributed by atoms with Crippen molar-refractivity contribution < 1.29 is 54.8 Å². The topological polar surface area (TPSA) is 236 Å². The molecule has 14 heteroatoms. The maximum absolute atomic E-state index is 11.2. The van der Waals surface area contributed by atoms with Crippen molar-refractivity contribution in [1.82, 2.24) is 10.6 Å². The molecule has 10 atom stereocenters. The molecular formula is C19H37N3O11. The second-order valence-corrected chi connectivity index (χ2v) is 8.38. The minimum absolute atomic E-state index is 0.222. The molecule has 2 saturated heterocycles. The average Bonchev–Trinajstić information content (AvgIpc) is 2.78. The summed E-state index contributed by atoms with van der Waals surface area (Å²) >= 11 is 0. The Hall–Kier alpha value is -1.01. The summed E-state index contributed by atoms with van der Waals surface area (Å²) in [5.41, 5.74) is 5.26. The van der Waals surface area contributed by atoms with E-state index in [1.54, 1.807) is 7.05 Å². The number of aliphatic hydroxyl groups is 7. The van der Waals surface area contributed by atoms with Gasteiger partial charge in [-0.3, -0.25) is 4.79 Å². The van der Waals surface area contributed by atoms with E-state index in [0.717, 1.165) is 0 Å². The summed E-state index contributed by atoms with van der Waals surface area (Å²) in [4.78, 5) is 11.2. The predicted octanol–water partition coefficient (Wildman–Crippen LogP) is -5.55. The first-order valence-electron chi connectivity index (χ1n) is 10.9. The van der Waals surface area contributed by atoms with Gasteiger partial charge in [0, 0.05) is 0 Å². The SMILES string of the molecule is CNC(CCCCNCC1(O)OCC(O)C(OC2OC(CO)C(O)C(O)C2O)C1O)C(N)=O. The fraction of sp³-hybridized carbons (Fsp3) is 0.947. The molecule has 2 aliphatic rings. The lowest BCUT2D eigenvalue weighted by molar-refractivity contribution is -0.367. The van der Waals surface area contributed by atoms with Crippen molar-refractivity contribution in [2.75, 3.05) is 33.4 Å². The molecule has 0 aromatic heterocycles. The lowest BCUT2D eigenvalue weighted by atomic mass is 9.95. The number of ether oxygens (including phenoxy) is 3. The zero-order valence-corrected chi connectivity index (χ0v) is 18.5. The van der Waals surface area contributed by atoms with Crippen molar-refractivity contribution >= 4 is 5.91 Å². The molecule has 0 aliphatic carbocycles. The third kappa shape index (κ3) is 7.00. The third-order valence-corrected chi connectivity index (χ3v) is 5.96. The van der Waals surface area contributed by atoms with Crippen molar-refractivity contribution in [2.24, 2.45) is 5.73 Å². The Balaban J connectivity index is 1.88. The van der Waals surface area contributed by atoms with Crippen molar-refractivity contribution in [3.05, 3.63) is 0 Å². The normalized spacial score (nSPS) is 40.5. The van der Waals surface area contributed by atoms with Crippen molar-refractivity contribution in [3.63, 3.8) is 0 Å². The van der Waals surface area contributed by atoms with E-state index in [0.29, 0.717) is 25.8 Å². The average molecular weight is 484 g/mol. The molecule has 0 aromatic carbocycles. The number of carbonyl (C=O) groups excluding carboxylic acids is 1. The number of hydrogen-bond acceptors (Lipinski definition) is 13. The Bertz CT molecular complexity index is 616. The van der Waals surface area contributed by atoms with Crippen LogP contribution in [0, 0.1) is 0 Å². The number of carbonyl (C=O) groups is 1. The van der Waals surface area contributed by atoms with Crippen LogP contribution < -0.4 is 16.4 Å². The van der Waals surface area contributed by atoms with E-state index in [1.807, 2.05) is 0 Å². The minimum atomic E-state index is -2.14. The number of likely N-dealkylation sites (N-methyl/N-ethyl adjacent to an activating group) is 1. The zero-order valence-electron chi connectivity index (χ0n) is 18.5. The van der Waals surface area contributed by atoms with Crippen LogP contribution in [0.25, 0.3) is 0 Å². The smallest absolute Gasteiger partial charge is 0.234 e. The number of nitrogens with two attached hydrogens (primary N) is 1. The molecular weight excluding hydrogens is 446 g/mol. The number of amides is 1. The minimum Gasteiger partial charge on any atom is -0.394 e. The second kappa shape index (κ2) is 12.6. The van der Waals surface area contributed by atoms with Gasteiger partial charge in [-0.1, -0.05) is 6.42 Å². The summed E-state index contributed by atoms with van der Waals surface area (Å²) in [5.74, 6) is -2.58. The van der Waals surface area contributed by atoms with Crippen LogP contribution in [0.4, 0.5) is 0 Å². The highest BCUT2D eigenvalue weighted by atomic mass is 16.7. The van der Waals surface area contributed by atoms with E-state index in [4.69, 9.17) is 19.9 Å². The zero-order chi connectivity index (χ0) is 24.8. The molecule has 2 fully saturated rings. The molecule has 0 aromatic rings. The Morgan fingerprint density at radius 1 is 1.18 bits per heavy atom. The molecule has 194 valence electrons. The molecule has 0 radical (unpaired) electrons. The van der Waals surface area contributed by atoms with Gasteiger partial charge in [0.2, 0.25) is 11.7 Å². The molecule has 2 heterocycles. The van der Waals surface area contributed by atoms with Gasteiger partial charge in [0.25, 0.3) is 0 Å². The molecule has 14 nitrogen and oxygen atoms in total. The van der Waals surface area contributed by atoms with E-state index in [9.17, 15) is 40.5 Å². The van der Waals surface area contributed by atoms with Crippen LogP contribution in [0.3, 0.4) is 0 Å². The lowest BCUT2D eigenvalue weighted by Crippen LogP contribution is -2.67. The van der Waals surface area contributed by atoms with Gasteiger partial charge < -0.3 is 66.3 Å². The van der Waals surface area contributed by atoms with Gasteiger partial charge in [-0.25, -0.2) is 0 Å². The maximum atomic E-state index is 11.2. The van der Waals surface area contributed by atoms with Gasteiger partial charge in [-0.2, -0.15) is 0 Å². The molecule has 0 bridgehead atoms. The van der Waals surface area contributed by atoms with Crippen LogP contribution in [-0.4, -0.2) is 136 Å². The summed E-state index contributed by atoms with van der Waals surface area (Å²) < 4.78 is 15.9. The molecule has 2 aliphatic heterocycles. The fourth-order valence-corrected chi connectivity index (χ4v) is 3.83. The van der Waals surface area contributed by atoms with E-state index < -0.39 is 80.0 Å². The summed E-state index contributed by atoms with van der Waals surface area (Å²) in [6.07, 6.45) is -10.7. The van der Waals surface area contributed by atoms with Gasteiger partial charge in [-0.05, 0) is 26.4 Å². The van der Waals surface area contributed by atoms with Crippen LogP contribution in [0.2, 0.25) is 0 Å². The highest BCUT2D eigenvalue weighted by Gasteiger charge is 2.52. The van der Waals surface area contributed by atoms with E-state index in [2.05, 4.69) is 10.6 Å². The molecule has 0 spiro atoms. The quantitative estimate of drug-likeness (QED) is 0.117. The first kappa shape index (κ1) is 28.2. The first-order valence-corrected chi connectivity index (χ1v) is 10.9. The van der Waals surface area contributed by atoms with Crippen molar-refractivity contribution in [3.8, 4) is 0 Å². The van der Waals surface area contributed by atoms with Crippen LogP contribution in [0.1, 0.15) is 19.3 Å². The lowest BCUT2D eigenvalue weighted by Gasteiger charge is -2.46. The molecule has 0 saturated carbocycles. The highest BCUT2D eigenvalue weighted by molar-refractivity contribution is 5.79. The van der Waals surface area contributed by atoms with E-state index >= 15 is 0 Å². The van der Waals surface area contributed by atoms with Crippen LogP contribution >= 0.6 is 0 Å². The monoisotopic (exact) mass is 483 g/mol. The fourth-order valence-electron chi connectivity index (χ4n) is 3.83. The molecule has 11 N–H and O–H groups in total. The molecule has 10 unspecified atom stereocenters. The Morgan fingerprint density at radius 2 is 1.88 bits per heavy atom. The van der Waals surface area contributed by atoms with Crippen LogP contribution in [0.15, 0.2) is 0 Å². The molecule has 2 rings (SSSR count). The number of primary amides is 1. The number of rotatable bonds is 12. The third-order valence-electron chi connectivity index (χ3n) is 5.96. The van der Waals surface area contributed by atoms with Gasteiger partial charge in [0.1, 0.15) is 42.7 Å². The Labute approximate surface area is 191 Å². The van der Waals surface area contributed by atoms with Gasteiger partial charge in [0.05, 0.1) is 25.8 Å². The van der Waals surface area contributed by atoms with Gasteiger partial charge in [-0.15, -0.1) is 0 Å². The van der Waals surface area contributed by atoms with Crippen LogP contribution in [-0.2, 0) is 19.0 Å². The maximum Gasteiger partial charge on any atom is 0.234 e. The van der Waals surface area contributed by atoms with Crippen LogP contribution in [0.5, 0.6) is 0 Å². The number of hydrogen-bond donors (Lipinski definition) is 10. The van der Waals surface area contributed by atoms with Crippen molar-refractivity contribution in [2.45, 2.75) is 80.1 Å². The van der Waals surface area contributed by atoms with E-state index in [-0.39, 0.29) is 6.54 Å². The van der Waals surface area contributed by atoms with E-state index in [1.165, 1.54) is 0 Å². The standard InChI is InChI=1S/C19H37N3O11/c1-21-9(17(20)29)4-2-3-5-22-8-19(30)16(28)15(10(24)7-31-19)33-18-14(27)13(26)12(25)11(6-23)32-18/h9-16,18,21-28,30H,2-8H2,1H3,(H2,20,29). The van der Waals surface area contributed by atoms with Gasteiger partial charge >= 0.3 is 0 Å². The summed E-state index contributed by atoms with van der Waals surface area (Å²) in [6.45, 7) is -0.874. The summed E-state index contributed by atoms with van der Waals surface area (Å²) in [6, 6.07) is -0.431. The highest BCUT2D eigenvalue weighted by Crippen LogP contribution is 2.30. The molecule has 1 amide bonds. The number of aliphatic hydroxyl groups excluding tert-OH is 6. The Kier molecular flexibility index (Phi) is 10.8.